The molecule has 8 heteroatoms. The molecule has 0 aromatic heterocycles. The predicted octanol–water partition coefficient (Wildman–Crippen LogP) is 4.74. The van der Waals surface area contributed by atoms with E-state index in [0.717, 1.165) is 25.0 Å². The third-order valence-electron chi connectivity index (χ3n) is 4.72. The number of benzene rings is 1. The van der Waals surface area contributed by atoms with Crippen molar-refractivity contribution >= 4 is 6.09 Å². The van der Waals surface area contributed by atoms with Gasteiger partial charge in [0.15, 0.2) is 11.6 Å². The molecule has 0 aliphatic carbocycles. The van der Waals surface area contributed by atoms with Crippen LogP contribution in [0.5, 0.6) is 11.5 Å². The molecule has 5 nitrogen and oxygen atoms in total. The Kier molecular flexibility index (Phi) is 5.44. The Labute approximate surface area is 156 Å². The van der Waals surface area contributed by atoms with Gasteiger partial charge in [-0.25, -0.2) is 9.18 Å². The van der Waals surface area contributed by atoms with E-state index in [9.17, 15) is 18.0 Å². The lowest BCUT2D eigenvalue weighted by Crippen LogP contribution is -2.50. The average Bonchev–Trinajstić information content (AvgIpc) is 2.80. The highest BCUT2D eigenvalue weighted by atomic mass is 19.3. The zero-order chi connectivity index (χ0) is 19.8. The van der Waals surface area contributed by atoms with Crippen LogP contribution in [0.25, 0.3) is 0 Å². The van der Waals surface area contributed by atoms with E-state index in [0.29, 0.717) is 12.8 Å². The molecule has 3 rings (SSSR count). The van der Waals surface area contributed by atoms with Gasteiger partial charge in [-0.2, -0.15) is 8.78 Å². The van der Waals surface area contributed by atoms with Crippen LogP contribution in [-0.2, 0) is 4.74 Å². The molecular weight excluding hydrogens is 363 g/mol. The maximum atomic E-state index is 13.5. The van der Waals surface area contributed by atoms with Crippen LogP contribution in [0.1, 0.15) is 46.5 Å². The normalized spacial score (nSPS) is 24.9. The van der Waals surface area contributed by atoms with Gasteiger partial charge in [-0.3, -0.25) is 0 Å². The second-order valence-corrected chi connectivity index (χ2v) is 7.95. The second kappa shape index (κ2) is 7.48. The summed E-state index contributed by atoms with van der Waals surface area (Å²) < 4.78 is 53.8. The molecule has 1 aromatic rings. The Hall–Kier alpha value is -2.12. The van der Waals surface area contributed by atoms with Gasteiger partial charge in [0.05, 0.1) is 0 Å². The number of ether oxygens (including phenoxy) is 3. The fraction of sp³-hybridized carbons (Fsp3) is 0.632. The van der Waals surface area contributed by atoms with Crippen molar-refractivity contribution in [2.45, 2.75) is 76.9 Å². The Morgan fingerprint density at radius 1 is 1.19 bits per heavy atom. The van der Waals surface area contributed by atoms with E-state index < -0.39 is 23.8 Å². The molecule has 2 aliphatic rings. The maximum Gasteiger partial charge on any atom is 0.410 e. The van der Waals surface area contributed by atoms with Gasteiger partial charge in [0.2, 0.25) is 0 Å². The van der Waals surface area contributed by atoms with Crippen molar-refractivity contribution in [1.29, 1.82) is 0 Å². The van der Waals surface area contributed by atoms with Crippen molar-refractivity contribution in [1.82, 2.24) is 4.90 Å². The van der Waals surface area contributed by atoms with Crippen LogP contribution in [0.15, 0.2) is 18.2 Å². The van der Waals surface area contributed by atoms with Gasteiger partial charge in [-0.1, -0.05) is 0 Å². The monoisotopic (exact) mass is 387 g/mol. The molecule has 3 atom stereocenters. The van der Waals surface area contributed by atoms with Crippen LogP contribution in [0.3, 0.4) is 0 Å². The fourth-order valence-electron chi connectivity index (χ4n) is 3.77. The number of halogens is 3. The summed E-state index contributed by atoms with van der Waals surface area (Å²) in [6, 6.07) is 3.58. The summed E-state index contributed by atoms with van der Waals surface area (Å²) in [6.45, 7) is 2.38. The number of alkyl halides is 2. The van der Waals surface area contributed by atoms with Crippen molar-refractivity contribution in [3.05, 3.63) is 24.0 Å². The number of carbonyl (C=O) groups is 1. The number of piperidine rings is 1. The van der Waals surface area contributed by atoms with Crippen LogP contribution in [-0.4, -0.2) is 41.4 Å². The maximum absolute atomic E-state index is 13.5. The molecule has 2 aliphatic heterocycles. The highest BCUT2D eigenvalue weighted by Crippen LogP contribution is 2.38. The summed E-state index contributed by atoms with van der Waals surface area (Å²) in [5.41, 5.74) is -0.556. The van der Waals surface area contributed by atoms with E-state index in [1.165, 1.54) is 6.07 Å². The largest absolute Gasteiger partial charge is 0.490 e. The third kappa shape index (κ3) is 4.78. The molecule has 0 spiro atoms. The fourth-order valence-corrected chi connectivity index (χ4v) is 3.77. The van der Waals surface area contributed by atoms with Crippen molar-refractivity contribution in [3.8, 4) is 11.5 Å². The summed E-state index contributed by atoms with van der Waals surface area (Å²) in [5, 5.41) is 0. The topological polar surface area (TPSA) is 48.0 Å². The highest BCUT2D eigenvalue weighted by Gasteiger charge is 2.45. The van der Waals surface area contributed by atoms with Gasteiger partial charge in [0, 0.05) is 31.0 Å². The lowest BCUT2D eigenvalue weighted by Gasteiger charge is -2.39. The quantitative estimate of drug-likeness (QED) is 0.749. The second-order valence-electron chi connectivity index (χ2n) is 7.95. The standard InChI is InChI=1S/C19H24F3NO4/c1-19(2,3)27-18(24)23-11-4-5-12(23)9-14(8-11)25-13-6-7-15(20)16(10-13)26-17(21)22/h6-7,10-12,14,17H,4-5,8-9H2,1-3H3/t11-,12+,14+. The molecule has 2 bridgehead atoms. The molecule has 2 fully saturated rings. The Morgan fingerprint density at radius 3 is 2.37 bits per heavy atom. The first-order chi connectivity index (χ1) is 12.6. The van der Waals surface area contributed by atoms with Crippen LogP contribution >= 0.6 is 0 Å². The van der Waals surface area contributed by atoms with E-state index in [1.54, 1.807) is 4.90 Å². The van der Waals surface area contributed by atoms with Crippen molar-refractivity contribution in [2.24, 2.45) is 0 Å². The van der Waals surface area contributed by atoms with Crippen LogP contribution in [0.2, 0.25) is 0 Å². The minimum absolute atomic E-state index is 0.0147. The molecule has 2 heterocycles. The molecule has 1 amide bonds. The smallest absolute Gasteiger partial charge is 0.410 e. The van der Waals surface area contributed by atoms with Crippen molar-refractivity contribution in [2.75, 3.05) is 0 Å². The third-order valence-corrected chi connectivity index (χ3v) is 4.72. The van der Waals surface area contributed by atoms with Crippen LogP contribution in [0.4, 0.5) is 18.0 Å². The van der Waals surface area contributed by atoms with E-state index in [1.807, 2.05) is 20.8 Å². The summed E-state index contributed by atoms with van der Waals surface area (Å²) in [5.74, 6) is -1.15. The SMILES string of the molecule is CC(C)(C)OC(=O)N1[C@@H]2CC[C@H]1C[C@@H](Oc1ccc(F)c(OC(F)F)c1)C2. The minimum Gasteiger partial charge on any atom is -0.490 e. The number of carbonyl (C=O) groups excluding carboxylic acids is 1. The molecule has 150 valence electrons. The number of nitrogens with zero attached hydrogens (tertiary/aromatic N) is 1. The summed E-state index contributed by atoms with van der Waals surface area (Å²) >= 11 is 0. The first-order valence-electron chi connectivity index (χ1n) is 9.04. The van der Waals surface area contributed by atoms with Gasteiger partial charge < -0.3 is 19.1 Å². The Bertz CT molecular complexity index is 678. The van der Waals surface area contributed by atoms with E-state index in [4.69, 9.17) is 9.47 Å². The van der Waals surface area contributed by atoms with Crippen LogP contribution in [0, 0.1) is 5.82 Å². The van der Waals surface area contributed by atoms with Gasteiger partial charge in [-0.05, 0) is 45.7 Å². The van der Waals surface area contributed by atoms with Gasteiger partial charge in [0.1, 0.15) is 17.5 Å². The lowest BCUT2D eigenvalue weighted by molar-refractivity contribution is -0.0523. The molecule has 0 saturated carbocycles. The van der Waals surface area contributed by atoms with E-state index >= 15 is 0 Å². The van der Waals surface area contributed by atoms with Gasteiger partial charge in [-0.15, -0.1) is 0 Å². The molecule has 0 N–H and O–H groups in total. The minimum atomic E-state index is -3.11. The number of hydrogen-bond donors (Lipinski definition) is 0. The number of amides is 1. The number of rotatable bonds is 4. The van der Waals surface area contributed by atoms with Gasteiger partial charge >= 0.3 is 12.7 Å². The molecule has 0 unspecified atom stereocenters. The van der Waals surface area contributed by atoms with E-state index in [-0.39, 0.29) is 30.0 Å². The zero-order valence-corrected chi connectivity index (χ0v) is 15.6. The first-order valence-corrected chi connectivity index (χ1v) is 9.04. The lowest BCUT2D eigenvalue weighted by atomic mass is 10.00. The number of fused-ring (bicyclic) bond motifs is 2. The average molecular weight is 387 g/mol. The van der Waals surface area contributed by atoms with Crippen molar-refractivity contribution in [3.63, 3.8) is 0 Å². The van der Waals surface area contributed by atoms with E-state index in [2.05, 4.69) is 4.74 Å². The molecule has 0 radical (unpaired) electrons. The number of hydrogen-bond acceptors (Lipinski definition) is 4. The van der Waals surface area contributed by atoms with Crippen molar-refractivity contribution < 1.29 is 32.2 Å². The first kappa shape index (κ1) is 19.6. The summed E-state index contributed by atoms with van der Waals surface area (Å²) in [7, 11) is 0. The molecular formula is C19H24F3NO4. The zero-order valence-electron chi connectivity index (χ0n) is 15.6. The molecule has 1 aromatic carbocycles. The molecule has 27 heavy (non-hydrogen) atoms. The van der Waals surface area contributed by atoms with Gasteiger partial charge in [0.25, 0.3) is 0 Å². The predicted molar refractivity (Wildman–Crippen MR) is 91.6 cm³/mol. The summed E-state index contributed by atoms with van der Waals surface area (Å²) in [4.78, 5) is 14.3. The Morgan fingerprint density at radius 2 is 1.81 bits per heavy atom. The Balaban J connectivity index is 1.64. The highest BCUT2D eigenvalue weighted by molar-refractivity contribution is 5.69. The van der Waals surface area contributed by atoms with Crippen LogP contribution < -0.4 is 9.47 Å². The summed E-state index contributed by atoms with van der Waals surface area (Å²) in [6.07, 6.45) is 2.45. The molecule has 2 saturated heterocycles.